The maximum atomic E-state index is 6.24. The number of rotatable bonds is 5. The van der Waals surface area contributed by atoms with E-state index in [2.05, 4.69) is 37.4 Å². The Morgan fingerprint density at radius 1 is 1.00 bits per heavy atom. The fourth-order valence-corrected chi connectivity index (χ4v) is 2.55. The van der Waals surface area contributed by atoms with E-state index in [1.807, 2.05) is 25.2 Å². The minimum atomic E-state index is 0.535. The molecular weight excluding hydrogens is 270 g/mol. The molecule has 0 heterocycles. The van der Waals surface area contributed by atoms with Gasteiger partial charge in [-0.1, -0.05) is 47.0 Å². The first-order valence-corrected chi connectivity index (χ1v) is 7.09. The van der Waals surface area contributed by atoms with Gasteiger partial charge in [0.1, 0.15) is 12.4 Å². The molecular formula is C17H20ClNO. The van der Waals surface area contributed by atoms with Crippen LogP contribution in [0.25, 0.3) is 0 Å². The van der Waals surface area contributed by atoms with E-state index in [0.29, 0.717) is 11.6 Å². The Morgan fingerprint density at radius 3 is 2.30 bits per heavy atom. The molecule has 0 aliphatic carbocycles. The molecule has 106 valence electrons. The van der Waals surface area contributed by atoms with Crippen LogP contribution in [0, 0.1) is 13.8 Å². The molecule has 0 aliphatic rings. The summed E-state index contributed by atoms with van der Waals surface area (Å²) in [6.45, 7) is 5.52. The zero-order chi connectivity index (χ0) is 14.5. The van der Waals surface area contributed by atoms with Crippen LogP contribution in [-0.4, -0.2) is 7.05 Å². The average molecular weight is 290 g/mol. The molecule has 0 fully saturated rings. The van der Waals surface area contributed by atoms with Gasteiger partial charge in [0.15, 0.2) is 0 Å². The van der Waals surface area contributed by atoms with Gasteiger partial charge >= 0.3 is 0 Å². The predicted octanol–water partition coefficient (Wildman–Crippen LogP) is 4.26. The second kappa shape index (κ2) is 6.78. The van der Waals surface area contributed by atoms with Gasteiger partial charge in [-0.25, -0.2) is 0 Å². The molecule has 0 unspecified atom stereocenters. The van der Waals surface area contributed by atoms with Crippen molar-refractivity contribution in [3.63, 3.8) is 0 Å². The summed E-state index contributed by atoms with van der Waals surface area (Å²) in [5.41, 5.74) is 4.81. The third-order valence-electron chi connectivity index (χ3n) is 3.05. The monoisotopic (exact) mass is 289 g/mol. The van der Waals surface area contributed by atoms with Crippen LogP contribution in [0.2, 0.25) is 5.02 Å². The van der Waals surface area contributed by atoms with Gasteiger partial charge in [-0.3, -0.25) is 0 Å². The van der Waals surface area contributed by atoms with Crippen LogP contribution < -0.4 is 10.1 Å². The van der Waals surface area contributed by atoms with Crippen molar-refractivity contribution in [3.05, 3.63) is 63.7 Å². The summed E-state index contributed by atoms with van der Waals surface area (Å²) in [6, 6.07) is 12.3. The molecule has 2 rings (SSSR count). The van der Waals surface area contributed by atoms with E-state index in [4.69, 9.17) is 16.3 Å². The van der Waals surface area contributed by atoms with Gasteiger partial charge in [-0.2, -0.15) is 0 Å². The topological polar surface area (TPSA) is 21.3 Å². The fourth-order valence-electron chi connectivity index (χ4n) is 2.29. The van der Waals surface area contributed by atoms with Gasteiger partial charge in [0.2, 0.25) is 0 Å². The van der Waals surface area contributed by atoms with Gasteiger partial charge in [0.25, 0.3) is 0 Å². The van der Waals surface area contributed by atoms with Gasteiger partial charge in [0, 0.05) is 6.54 Å². The first kappa shape index (κ1) is 14.9. The molecule has 3 heteroatoms. The van der Waals surface area contributed by atoms with Crippen LogP contribution in [-0.2, 0) is 13.2 Å². The summed E-state index contributed by atoms with van der Waals surface area (Å²) in [7, 11) is 1.92. The normalized spacial score (nSPS) is 10.6. The number of benzene rings is 2. The molecule has 0 radical (unpaired) electrons. The van der Waals surface area contributed by atoms with Crippen molar-refractivity contribution in [2.45, 2.75) is 27.0 Å². The highest BCUT2D eigenvalue weighted by Crippen LogP contribution is 2.26. The van der Waals surface area contributed by atoms with Crippen LogP contribution in [0.5, 0.6) is 5.75 Å². The number of halogens is 1. The molecule has 2 nitrogen and oxygen atoms in total. The van der Waals surface area contributed by atoms with E-state index in [0.717, 1.165) is 23.4 Å². The van der Waals surface area contributed by atoms with Crippen molar-refractivity contribution in [3.8, 4) is 5.75 Å². The number of nitrogens with one attached hydrogen (secondary N) is 1. The highest BCUT2D eigenvalue weighted by atomic mass is 35.5. The highest BCUT2D eigenvalue weighted by molar-refractivity contribution is 6.32. The Balaban J connectivity index is 2.06. The van der Waals surface area contributed by atoms with Crippen molar-refractivity contribution in [1.29, 1.82) is 0 Å². The zero-order valence-electron chi connectivity index (χ0n) is 12.2. The number of hydrogen-bond donors (Lipinski definition) is 1. The predicted molar refractivity (Wildman–Crippen MR) is 84.5 cm³/mol. The Hall–Kier alpha value is -1.51. The Kier molecular flexibility index (Phi) is 5.05. The molecule has 20 heavy (non-hydrogen) atoms. The van der Waals surface area contributed by atoms with Gasteiger partial charge < -0.3 is 10.1 Å². The quantitative estimate of drug-likeness (QED) is 0.888. The van der Waals surface area contributed by atoms with Crippen LogP contribution in [0.3, 0.4) is 0 Å². The molecule has 0 saturated carbocycles. The molecule has 2 aromatic carbocycles. The van der Waals surface area contributed by atoms with E-state index in [1.165, 1.54) is 11.1 Å². The zero-order valence-corrected chi connectivity index (χ0v) is 12.9. The molecule has 0 aliphatic heterocycles. The first-order valence-electron chi connectivity index (χ1n) is 6.71. The first-order chi connectivity index (χ1) is 9.58. The SMILES string of the molecule is CNCc1ccc(OCc2cc(C)cc(C)c2)c(Cl)c1. The highest BCUT2D eigenvalue weighted by Gasteiger charge is 2.04. The summed E-state index contributed by atoms with van der Waals surface area (Å²) in [5, 5.41) is 3.76. The van der Waals surface area contributed by atoms with Crippen molar-refractivity contribution in [2.75, 3.05) is 7.05 Å². The Morgan fingerprint density at radius 2 is 1.70 bits per heavy atom. The summed E-state index contributed by atoms with van der Waals surface area (Å²) in [5.74, 6) is 0.727. The van der Waals surface area contributed by atoms with Crippen LogP contribution in [0.1, 0.15) is 22.3 Å². The van der Waals surface area contributed by atoms with E-state index in [9.17, 15) is 0 Å². The van der Waals surface area contributed by atoms with Gasteiger partial charge in [-0.15, -0.1) is 0 Å². The molecule has 0 saturated heterocycles. The van der Waals surface area contributed by atoms with Crippen molar-refractivity contribution < 1.29 is 4.74 Å². The van der Waals surface area contributed by atoms with Crippen molar-refractivity contribution >= 4 is 11.6 Å². The van der Waals surface area contributed by atoms with Crippen molar-refractivity contribution in [2.24, 2.45) is 0 Å². The summed E-state index contributed by atoms with van der Waals surface area (Å²) < 4.78 is 5.81. The Labute approximate surface area is 125 Å². The fraction of sp³-hybridized carbons (Fsp3) is 0.294. The third kappa shape index (κ3) is 3.99. The molecule has 2 aromatic rings. The molecule has 0 spiro atoms. The van der Waals surface area contributed by atoms with Gasteiger partial charge in [0.05, 0.1) is 5.02 Å². The lowest BCUT2D eigenvalue weighted by molar-refractivity contribution is 0.306. The lowest BCUT2D eigenvalue weighted by Crippen LogP contribution is -2.05. The van der Waals surface area contributed by atoms with E-state index in [-0.39, 0.29) is 0 Å². The third-order valence-corrected chi connectivity index (χ3v) is 3.35. The molecule has 1 N–H and O–H groups in total. The maximum absolute atomic E-state index is 6.24. The molecule has 0 bridgehead atoms. The number of aryl methyl sites for hydroxylation is 2. The molecule has 0 aromatic heterocycles. The second-order valence-electron chi connectivity index (χ2n) is 5.08. The Bertz CT molecular complexity index is 575. The van der Waals surface area contributed by atoms with Crippen molar-refractivity contribution in [1.82, 2.24) is 5.32 Å². The van der Waals surface area contributed by atoms with Crippen LogP contribution >= 0.6 is 11.6 Å². The summed E-state index contributed by atoms with van der Waals surface area (Å²) in [4.78, 5) is 0. The van der Waals surface area contributed by atoms with Crippen LogP contribution in [0.15, 0.2) is 36.4 Å². The summed E-state index contributed by atoms with van der Waals surface area (Å²) >= 11 is 6.24. The number of ether oxygens (including phenoxy) is 1. The molecule has 0 atom stereocenters. The lowest BCUT2D eigenvalue weighted by atomic mass is 10.1. The largest absolute Gasteiger partial charge is 0.487 e. The number of hydrogen-bond acceptors (Lipinski definition) is 2. The van der Waals surface area contributed by atoms with E-state index >= 15 is 0 Å². The average Bonchev–Trinajstić information content (AvgIpc) is 2.37. The second-order valence-corrected chi connectivity index (χ2v) is 5.49. The standard InChI is InChI=1S/C17H20ClNO/c1-12-6-13(2)8-15(7-12)11-20-17-5-4-14(10-19-3)9-16(17)18/h4-9,19H,10-11H2,1-3H3. The minimum Gasteiger partial charge on any atom is -0.487 e. The smallest absolute Gasteiger partial charge is 0.138 e. The van der Waals surface area contributed by atoms with E-state index < -0.39 is 0 Å². The van der Waals surface area contributed by atoms with Crippen LogP contribution in [0.4, 0.5) is 0 Å². The maximum Gasteiger partial charge on any atom is 0.138 e. The summed E-state index contributed by atoms with van der Waals surface area (Å²) in [6.07, 6.45) is 0. The minimum absolute atomic E-state index is 0.535. The molecule has 0 amide bonds. The van der Waals surface area contributed by atoms with Gasteiger partial charge in [-0.05, 0) is 44.2 Å². The van der Waals surface area contributed by atoms with E-state index in [1.54, 1.807) is 0 Å². The lowest BCUT2D eigenvalue weighted by Gasteiger charge is -2.11.